The Kier molecular flexibility index (Phi) is 6.33. The second kappa shape index (κ2) is 8.27. The van der Waals surface area contributed by atoms with Gasteiger partial charge in [0.05, 0.1) is 4.90 Å². The molecule has 0 aliphatic rings. The Balaban J connectivity index is 1.98. The molecule has 0 saturated carbocycles. The van der Waals surface area contributed by atoms with Gasteiger partial charge in [-0.1, -0.05) is 37.3 Å². The second-order valence-corrected chi connectivity index (χ2v) is 8.08. The molecular weight excluding hydrogens is 336 g/mol. The van der Waals surface area contributed by atoms with Crippen LogP contribution in [0, 0.1) is 0 Å². The Labute approximate surface area is 149 Å². The molecule has 2 rings (SSSR count). The van der Waals surface area contributed by atoms with Crippen molar-refractivity contribution in [3.63, 3.8) is 0 Å². The SMILES string of the molecule is CC(C)NS(=O)(=O)c1ccc(NC(=O)C[C@H](C)c2ccccc2)cc1. The van der Waals surface area contributed by atoms with Crippen LogP contribution in [0.2, 0.25) is 0 Å². The zero-order valence-electron chi connectivity index (χ0n) is 14.7. The molecule has 0 spiro atoms. The van der Waals surface area contributed by atoms with E-state index in [0.29, 0.717) is 12.1 Å². The molecule has 0 aromatic heterocycles. The highest BCUT2D eigenvalue weighted by Crippen LogP contribution is 2.20. The third-order valence-corrected chi connectivity index (χ3v) is 5.37. The third-order valence-electron chi connectivity index (χ3n) is 3.70. The number of hydrogen-bond acceptors (Lipinski definition) is 3. The number of hydrogen-bond donors (Lipinski definition) is 2. The molecule has 2 N–H and O–H groups in total. The van der Waals surface area contributed by atoms with Crippen LogP contribution in [0.15, 0.2) is 59.5 Å². The van der Waals surface area contributed by atoms with Gasteiger partial charge in [0.25, 0.3) is 0 Å². The van der Waals surface area contributed by atoms with Gasteiger partial charge in [0, 0.05) is 18.2 Å². The minimum Gasteiger partial charge on any atom is -0.326 e. The molecule has 134 valence electrons. The van der Waals surface area contributed by atoms with Crippen molar-refractivity contribution < 1.29 is 13.2 Å². The van der Waals surface area contributed by atoms with Crippen molar-refractivity contribution in [2.24, 2.45) is 0 Å². The predicted molar refractivity (Wildman–Crippen MR) is 100 cm³/mol. The number of sulfonamides is 1. The van der Waals surface area contributed by atoms with E-state index in [1.807, 2.05) is 37.3 Å². The van der Waals surface area contributed by atoms with Gasteiger partial charge in [-0.3, -0.25) is 4.79 Å². The van der Waals surface area contributed by atoms with Crippen molar-refractivity contribution in [3.05, 3.63) is 60.2 Å². The number of benzene rings is 2. The molecule has 0 heterocycles. The van der Waals surface area contributed by atoms with Gasteiger partial charge in [-0.05, 0) is 49.6 Å². The van der Waals surface area contributed by atoms with Gasteiger partial charge in [-0.2, -0.15) is 0 Å². The van der Waals surface area contributed by atoms with Crippen molar-refractivity contribution in [2.45, 2.75) is 44.0 Å². The van der Waals surface area contributed by atoms with Crippen molar-refractivity contribution in [1.82, 2.24) is 4.72 Å². The highest BCUT2D eigenvalue weighted by molar-refractivity contribution is 7.89. The van der Waals surface area contributed by atoms with Crippen LogP contribution in [0.1, 0.15) is 38.7 Å². The summed E-state index contributed by atoms with van der Waals surface area (Å²) < 4.78 is 26.7. The van der Waals surface area contributed by atoms with Gasteiger partial charge in [0.1, 0.15) is 0 Å². The molecule has 0 saturated heterocycles. The van der Waals surface area contributed by atoms with Crippen LogP contribution < -0.4 is 10.0 Å². The van der Waals surface area contributed by atoms with Gasteiger partial charge in [-0.25, -0.2) is 13.1 Å². The quantitative estimate of drug-likeness (QED) is 0.793. The average Bonchev–Trinajstić information content (AvgIpc) is 2.55. The number of amides is 1. The first kappa shape index (κ1) is 19.1. The van der Waals surface area contributed by atoms with Crippen molar-refractivity contribution >= 4 is 21.6 Å². The summed E-state index contributed by atoms with van der Waals surface area (Å²) in [5.41, 5.74) is 1.69. The number of nitrogens with one attached hydrogen (secondary N) is 2. The molecule has 2 aromatic carbocycles. The lowest BCUT2D eigenvalue weighted by Gasteiger charge is -2.13. The fourth-order valence-corrected chi connectivity index (χ4v) is 3.74. The molecule has 1 amide bonds. The molecule has 25 heavy (non-hydrogen) atoms. The Bertz CT molecular complexity index is 800. The lowest BCUT2D eigenvalue weighted by molar-refractivity contribution is -0.116. The summed E-state index contributed by atoms with van der Waals surface area (Å²) in [6.07, 6.45) is 0.360. The van der Waals surface area contributed by atoms with Crippen LogP contribution in [0.3, 0.4) is 0 Å². The molecule has 0 bridgehead atoms. The van der Waals surface area contributed by atoms with Crippen molar-refractivity contribution in [2.75, 3.05) is 5.32 Å². The zero-order valence-corrected chi connectivity index (χ0v) is 15.5. The van der Waals surface area contributed by atoms with Gasteiger partial charge < -0.3 is 5.32 Å². The molecule has 0 unspecified atom stereocenters. The minimum atomic E-state index is -3.52. The summed E-state index contributed by atoms with van der Waals surface area (Å²) in [5, 5.41) is 2.81. The van der Waals surface area contributed by atoms with E-state index < -0.39 is 10.0 Å². The Morgan fingerprint density at radius 1 is 0.960 bits per heavy atom. The van der Waals surface area contributed by atoms with E-state index in [9.17, 15) is 13.2 Å². The first-order chi connectivity index (χ1) is 11.8. The maximum absolute atomic E-state index is 12.2. The standard InChI is InChI=1S/C19H24N2O3S/c1-14(2)21-25(23,24)18-11-9-17(10-12-18)20-19(22)13-15(3)16-7-5-4-6-8-16/h4-12,14-15,21H,13H2,1-3H3,(H,20,22)/t15-/m0/s1. The molecule has 6 heteroatoms. The maximum atomic E-state index is 12.2. The van der Waals surface area contributed by atoms with E-state index in [4.69, 9.17) is 0 Å². The number of anilines is 1. The van der Waals surface area contributed by atoms with Crippen LogP contribution in [0.25, 0.3) is 0 Å². The highest BCUT2D eigenvalue weighted by atomic mass is 32.2. The summed E-state index contributed by atoms with van der Waals surface area (Å²) >= 11 is 0. The molecular formula is C19H24N2O3S. The van der Waals surface area contributed by atoms with Crippen LogP contribution in [-0.2, 0) is 14.8 Å². The average molecular weight is 360 g/mol. The lowest BCUT2D eigenvalue weighted by Crippen LogP contribution is -2.30. The van der Waals surface area contributed by atoms with Crippen LogP contribution >= 0.6 is 0 Å². The Morgan fingerprint density at radius 3 is 2.12 bits per heavy atom. The maximum Gasteiger partial charge on any atom is 0.240 e. The predicted octanol–water partition coefficient (Wildman–Crippen LogP) is 3.51. The summed E-state index contributed by atoms with van der Waals surface area (Å²) in [7, 11) is -3.52. The molecule has 0 aliphatic carbocycles. The Morgan fingerprint density at radius 2 is 1.56 bits per heavy atom. The van der Waals surface area contributed by atoms with Crippen molar-refractivity contribution in [3.8, 4) is 0 Å². The van der Waals surface area contributed by atoms with E-state index in [0.717, 1.165) is 5.56 Å². The fourth-order valence-electron chi connectivity index (χ4n) is 2.49. The molecule has 1 atom stereocenters. The fraction of sp³-hybridized carbons (Fsp3) is 0.316. The molecule has 5 nitrogen and oxygen atoms in total. The normalized spacial score (nSPS) is 12.8. The topological polar surface area (TPSA) is 75.3 Å². The largest absolute Gasteiger partial charge is 0.326 e. The monoisotopic (exact) mass is 360 g/mol. The highest BCUT2D eigenvalue weighted by Gasteiger charge is 2.15. The Hall–Kier alpha value is -2.18. The van der Waals surface area contributed by atoms with Gasteiger partial charge in [0.2, 0.25) is 15.9 Å². The summed E-state index contributed by atoms with van der Waals surface area (Å²) in [6.45, 7) is 5.53. The second-order valence-electron chi connectivity index (χ2n) is 6.36. The number of carbonyl (C=O) groups is 1. The van der Waals surface area contributed by atoms with Gasteiger partial charge in [0.15, 0.2) is 0 Å². The number of rotatable bonds is 7. The summed E-state index contributed by atoms with van der Waals surface area (Å²) in [5.74, 6) is 0.00311. The van der Waals surface area contributed by atoms with E-state index in [-0.39, 0.29) is 22.8 Å². The van der Waals surface area contributed by atoms with Gasteiger partial charge in [-0.15, -0.1) is 0 Å². The van der Waals surface area contributed by atoms with Crippen molar-refractivity contribution in [1.29, 1.82) is 0 Å². The molecule has 2 aromatic rings. The summed E-state index contributed by atoms with van der Waals surface area (Å²) in [4.78, 5) is 12.4. The van der Waals surface area contributed by atoms with E-state index >= 15 is 0 Å². The molecule has 0 fully saturated rings. The smallest absolute Gasteiger partial charge is 0.240 e. The third kappa shape index (κ3) is 5.69. The van der Waals surface area contributed by atoms with Crippen LogP contribution in [0.5, 0.6) is 0 Å². The number of carbonyl (C=O) groups excluding carboxylic acids is 1. The lowest BCUT2D eigenvalue weighted by atomic mass is 9.97. The minimum absolute atomic E-state index is 0.104. The first-order valence-electron chi connectivity index (χ1n) is 8.25. The van der Waals surface area contributed by atoms with Gasteiger partial charge >= 0.3 is 0 Å². The van der Waals surface area contributed by atoms with E-state index in [2.05, 4.69) is 10.0 Å². The van der Waals surface area contributed by atoms with E-state index in [1.165, 1.54) is 12.1 Å². The molecule has 0 aliphatic heterocycles. The summed E-state index contributed by atoms with van der Waals surface area (Å²) in [6, 6.07) is 15.8. The first-order valence-corrected chi connectivity index (χ1v) is 9.73. The van der Waals surface area contributed by atoms with E-state index in [1.54, 1.807) is 26.0 Å². The molecule has 0 radical (unpaired) electrons. The zero-order chi connectivity index (χ0) is 18.4. The van der Waals surface area contributed by atoms with Crippen LogP contribution in [0.4, 0.5) is 5.69 Å². The van der Waals surface area contributed by atoms with Crippen LogP contribution in [-0.4, -0.2) is 20.4 Å².